The molecular weight excluding hydrogens is 384 g/mol. The number of hydrogen-bond donors (Lipinski definition) is 0. The van der Waals surface area contributed by atoms with E-state index in [0.717, 1.165) is 25.7 Å². The molecule has 3 rings (SSSR count). The van der Waals surface area contributed by atoms with Gasteiger partial charge in [0.05, 0.1) is 11.6 Å². The van der Waals surface area contributed by atoms with Crippen LogP contribution in [0.5, 0.6) is 5.75 Å². The lowest BCUT2D eigenvalue weighted by atomic mass is 9.77. The van der Waals surface area contributed by atoms with Gasteiger partial charge in [0.15, 0.2) is 0 Å². The van der Waals surface area contributed by atoms with Crippen molar-refractivity contribution in [2.45, 2.75) is 64.2 Å². The molecule has 0 aromatic heterocycles. The summed E-state index contributed by atoms with van der Waals surface area (Å²) in [6.07, 6.45) is 8.98. The van der Waals surface area contributed by atoms with Crippen LogP contribution >= 0.6 is 0 Å². The Balaban J connectivity index is 1.65. The van der Waals surface area contributed by atoms with Gasteiger partial charge in [-0.1, -0.05) is 32.6 Å². The summed E-state index contributed by atoms with van der Waals surface area (Å²) in [5.74, 6) is -1.91. The fourth-order valence-electron chi connectivity index (χ4n) is 4.25. The molecule has 0 spiro atoms. The summed E-state index contributed by atoms with van der Waals surface area (Å²) in [6.45, 7) is 2.20. The van der Waals surface area contributed by atoms with E-state index in [2.05, 4.69) is 6.92 Å². The molecule has 0 N–H and O–H groups in total. The minimum atomic E-state index is -1.08. The van der Waals surface area contributed by atoms with Gasteiger partial charge in [-0.05, 0) is 79.5 Å². The lowest BCUT2D eigenvalue weighted by Crippen LogP contribution is -2.16. The van der Waals surface area contributed by atoms with Crippen molar-refractivity contribution in [3.63, 3.8) is 0 Å². The van der Waals surface area contributed by atoms with E-state index < -0.39 is 23.2 Å². The van der Waals surface area contributed by atoms with Crippen molar-refractivity contribution < 1.29 is 18.3 Å². The van der Waals surface area contributed by atoms with Crippen molar-refractivity contribution in [1.82, 2.24) is 0 Å². The van der Waals surface area contributed by atoms with Crippen molar-refractivity contribution in [3.8, 4) is 11.8 Å². The first-order chi connectivity index (χ1) is 14.5. The Hall–Kier alpha value is -2.74. The van der Waals surface area contributed by atoms with E-state index in [9.17, 15) is 13.6 Å². The van der Waals surface area contributed by atoms with Crippen molar-refractivity contribution in [1.29, 1.82) is 5.26 Å². The van der Waals surface area contributed by atoms with Gasteiger partial charge in [0.25, 0.3) is 0 Å². The highest BCUT2D eigenvalue weighted by Gasteiger charge is 2.26. The van der Waals surface area contributed by atoms with Gasteiger partial charge >= 0.3 is 5.97 Å². The van der Waals surface area contributed by atoms with E-state index in [-0.39, 0.29) is 11.7 Å². The first kappa shape index (κ1) is 22.0. The number of rotatable bonds is 7. The van der Waals surface area contributed by atoms with E-state index in [0.29, 0.717) is 17.0 Å². The van der Waals surface area contributed by atoms with Gasteiger partial charge in [-0.15, -0.1) is 0 Å². The van der Waals surface area contributed by atoms with Crippen molar-refractivity contribution in [2.75, 3.05) is 0 Å². The van der Waals surface area contributed by atoms with Gasteiger partial charge in [-0.3, -0.25) is 0 Å². The minimum Gasteiger partial charge on any atom is -0.423 e. The zero-order chi connectivity index (χ0) is 21.5. The Morgan fingerprint density at radius 2 is 1.70 bits per heavy atom. The molecule has 1 saturated carbocycles. The first-order valence-electron chi connectivity index (χ1n) is 10.7. The van der Waals surface area contributed by atoms with Crippen LogP contribution in [0.15, 0.2) is 36.4 Å². The molecule has 158 valence electrons. The van der Waals surface area contributed by atoms with Crippen molar-refractivity contribution in [2.24, 2.45) is 5.92 Å². The molecule has 0 bridgehead atoms. The average Bonchev–Trinajstić information content (AvgIpc) is 2.74. The number of halogens is 2. The number of nitriles is 1. The number of hydrogen-bond acceptors (Lipinski definition) is 3. The van der Waals surface area contributed by atoms with E-state index in [1.165, 1.54) is 62.1 Å². The number of benzene rings is 2. The van der Waals surface area contributed by atoms with E-state index in [4.69, 9.17) is 10.00 Å². The molecule has 30 heavy (non-hydrogen) atoms. The summed E-state index contributed by atoms with van der Waals surface area (Å²) in [7, 11) is 0. The predicted molar refractivity (Wildman–Crippen MR) is 111 cm³/mol. The van der Waals surface area contributed by atoms with Gasteiger partial charge < -0.3 is 4.74 Å². The molecule has 0 unspecified atom stereocenters. The maximum atomic E-state index is 14.6. The fraction of sp³-hybridized carbons (Fsp3) is 0.440. The van der Waals surface area contributed by atoms with Gasteiger partial charge in [-0.2, -0.15) is 5.26 Å². The van der Waals surface area contributed by atoms with E-state index in [1.807, 2.05) is 6.07 Å². The molecule has 3 nitrogen and oxygen atoms in total. The molecule has 2 aromatic carbocycles. The quantitative estimate of drug-likeness (QED) is 0.283. The summed E-state index contributed by atoms with van der Waals surface area (Å²) in [5.41, 5.74) is 0.333. The molecule has 0 heterocycles. The normalized spacial score (nSPS) is 18.6. The fourth-order valence-corrected chi connectivity index (χ4v) is 4.25. The monoisotopic (exact) mass is 411 g/mol. The van der Waals surface area contributed by atoms with Crippen LogP contribution in [0.2, 0.25) is 0 Å². The number of unbranched alkanes of at least 4 members (excludes halogenated alkanes) is 2. The number of carbonyl (C=O) groups is 1. The highest BCUT2D eigenvalue weighted by Crippen LogP contribution is 2.38. The molecule has 1 aliphatic carbocycles. The van der Waals surface area contributed by atoms with Crippen LogP contribution in [-0.4, -0.2) is 5.97 Å². The summed E-state index contributed by atoms with van der Waals surface area (Å²) in [6, 6.07) is 10.3. The number of carbonyl (C=O) groups excluding carboxylic acids is 1. The maximum Gasteiger partial charge on any atom is 0.349 e. The summed E-state index contributed by atoms with van der Waals surface area (Å²) in [5, 5.41) is 8.80. The van der Waals surface area contributed by atoms with Crippen molar-refractivity contribution >= 4 is 5.97 Å². The van der Waals surface area contributed by atoms with Gasteiger partial charge in [0.2, 0.25) is 0 Å². The summed E-state index contributed by atoms with van der Waals surface area (Å²) < 4.78 is 34.4. The van der Waals surface area contributed by atoms with E-state index in [1.54, 1.807) is 0 Å². The van der Waals surface area contributed by atoms with Crippen LogP contribution in [0.1, 0.15) is 85.7 Å². The average molecular weight is 411 g/mol. The number of nitrogens with zero attached hydrogens (tertiary/aromatic N) is 1. The topological polar surface area (TPSA) is 50.1 Å². The third-order valence-corrected chi connectivity index (χ3v) is 6.00. The Labute approximate surface area is 176 Å². The predicted octanol–water partition coefficient (Wildman–Crippen LogP) is 6.91. The molecule has 0 saturated heterocycles. The Bertz CT molecular complexity index is 887. The smallest absolute Gasteiger partial charge is 0.349 e. The molecule has 0 aliphatic heterocycles. The van der Waals surface area contributed by atoms with Crippen LogP contribution in [-0.2, 0) is 0 Å². The Morgan fingerprint density at radius 3 is 2.27 bits per heavy atom. The highest BCUT2D eigenvalue weighted by molar-refractivity contribution is 5.91. The SMILES string of the molecule is CCCCCC1CCC(c2cc(F)c(C(=O)Oc3ccc(C#N)cc3)c(F)c2)CC1. The largest absolute Gasteiger partial charge is 0.423 e. The van der Waals surface area contributed by atoms with Crippen LogP contribution in [0, 0.1) is 28.9 Å². The first-order valence-corrected chi connectivity index (χ1v) is 10.7. The van der Waals surface area contributed by atoms with Crippen LogP contribution < -0.4 is 4.74 Å². The molecule has 5 heteroatoms. The molecule has 1 aliphatic rings. The van der Waals surface area contributed by atoms with Crippen LogP contribution in [0.25, 0.3) is 0 Å². The summed E-state index contributed by atoms with van der Waals surface area (Å²) in [4.78, 5) is 12.3. The summed E-state index contributed by atoms with van der Waals surface area (Å²) >= 11 is 0. The molecule has 0 amide bonds. The zero-order valence-electron chi connectivity index (χ0n) is 17.3. The maximum absolute atomic E-state index is 14.6. The number of esters is 1. The molecular formula is C25H27F2NO2. The van der Waals surface area contributed by atoms with Gasteiger partial charge in [-0.25, -0.2) is 13.6 Å². The minimum absolute atomic E-state index is 0.125. The number of ether oxygens (including phenoxy) is 1. The lowest BCUT2D eigenvalue weighted by Gasteiger charge is -2.29. The second-order valence-corrected chi connectivity index (χ2v) is 8.10. The molecule has 2 aromatic rings. The van der Waals surface area contributed by atoms with Gasteiger partial charge in [0, 0.05) is 0 Å². The van der Waals surface area contributed by atoms with E-state index >= 15 is 0 Å². The van der Waals surface area contributed by atoms with Crippen LogP contribution in [0.4, 0.5) is 8.78 Å². The van der Waals surface area contributed by atoms with Gasteiger partial charge in [0.1, 0.15) is 22.9 Å². The third kappa shape index (κ3) is 5.44. The second kappa shape index (κ2) is 10.3. The lowest BCUT2D eigenvalue weighted by molar-refractivity contribution is 0.0724. The van der Waals surface area contributed by atoms with Crippen LogP contribution in [0.3, 0.4) is 0 Å². The second-order valence-electron chi connectivity index (χ2n) is 8.10. The highest BCUT2D eigenvalue weighted by atomic mass is 19.1. The third-order valence-electron chi connectivity index (χ3n) is 6.00. The van der Waals surface area contributed by atoms with Crippen molar-refractivity contribution in [3.05, 3.63) is 64.7 Å². The zero-order valence-corrected chi connectivity index (χ0v) is 17.3. The standard InChI is InChI=1S/C25H27F2NO2/c1-2-3-4-5-17-6-10-19(11-7-17)20-14-22(26)24(23(27)15-20)25(29)30-21-12-8-18(16-28)9-13-21/h8-9,12-15,17,19H,2-7,10-11H2,1H3. The molecule has 1 fully saturated rings. The Morgan fingerprint density at radius 1 is 1.07 bits per heavy atom. The molecule has 0 atom stereocenters. The molecule has 0 radical (unpaired) electrons. The Kier molecular flexibility index (Phi) is 7.57.